The molecule has 0 aliphatic heterocycles. The van der Waals surface area contributed by atoms with Crippen molar-refractivity contribution in [2.75, 3.05) is 19.0 Å². The third-order valence-corrected chi connectivity index (χ3v) is 3.81. The Morgan fingerprint density at radius 2 is 1.96 bits per heavy atom. The summed E-state index contributed by atoms with van der Waals surface area (Å²) in [5.74, 6) is 0.725. The van der Waals surface area contributed by atoms with Gasteiger partial charge in [-0.15, -0.1) is 0 Å². The number of nitriles is 1. The molecule has 26 heavy (non-hydrogen) atoms. The molecule has 0 spiro atoms. The molecule has 134 valence electrons. The van der Waals surface area contributed by atoms with E-state index in [1.165, 1.54) is 6.08 Å². The lowest BCUT2D eigenvalue weighted by atomic mass is 10.1. The highest BCUT2D eigenvalue weighted by molar-refractivity contribution is 6.10. The van der Waals surface area contributed by atoms with Gasteiger partial charge in [-0.05, 0) is 48.7 Å². The molecule has 0 saturated heterocycles. The van der Waals surface area contributed by atoms with Gasteiger partial charge in [0.2, 0.25) is 0 Å². The summed E-state index contributed by atoms with van der Waals surface area (Å²) in [6.07, 6.45) is 2.32. The number of para-hydroxylation sites is 1. The number of anilines is 1. The number of carbonyl (C=O) groups is 1. The maximum Gasteiger partial charge on any atom is 0.266 e. The van der Waals surface area contributed by atoms with Gasteiger partial charge < -0.3 is 14.8 Å². The van der Waals surface area contributed by atoms with Crippen LogP contribution in [-0.2, 0) is 11.2 Å². The van der Waals surface area contributed by atoms with Crippen molar-refractivity contribution in [3.8, 4) is 17.6 Å². The summed E-state index contributed by atoms with van der Waals surface area (Å²) in [4.78, 5) is 12.5. The van der Waals surface area contributed by atoms with E-state index in [4.69, 9.17) is 9.47 Å². The van der Waals surface area contributed by atoms with E-state index in [1.54, 1.807) is 25.3 Å². The van der Waals surface area contributed by atoms with Crippen LogP contribution in [0.5, 0.6) is 11.5 Å². The quantitative estimate of drug-likeness (QED) is 0.600. The predicted octanol–water partition coefficient (Wildman–Crippen LogP) is 4.20. The lowest BCUT2D eigenvalue weighted by Gasteiger charge is -2.10. The van der Waals surface area contributed by atoms with Crippen molar-refractivity contribution in [1.82, 2.24) is 0 Å². The molecule has 1 amide bonds. The van der Waals surface area contributed by atoms with Gasteiger partial charge in [-0.1, -0.05) is 31.2 Å². The number of hydrogen-bond acceptors (Lipinski definition) is 4. The van der Waals surface area contributed by atoms with E-state index in [1.807, 2.05) is 44.2 Å². The molecular formula is C21H22N2O3. The number of aryl methyl sites for hydroxylation is 1. The lowest BCUT2D eigenvalue weighted by molar-refractivity contribution is -0.112. The molecule has 2 rings (SSSR count). The van der Waals surface area contributed by atoms with Crippen LogP contribution in [0.2, 0.25) is 0 Å². The Labute approximate surface area is 153 Å². The van der Waals surface area contributed by atoms with Crippen molar-refractivity contribution in [3.63, 3.8) is 0 Å². The summed E-state index contributed by atoms with van der Waals surface area (Å²) in [5.41, 5.74) is 2.43. The van der Waals surface area contributed by atoms with Gasteiger partial charge >= 0.3 is 0 Å². The van der Waals surface area contributed by atoms with Crippen molar-refractivity contribution in [2.45, 2.75) is 20.3 Å². The monoisotopic (exact) mass is 350 g/mol. The van der Waals surface area contributed by atoms with Gasteiger partial charge in [0.25, 0.3) is 5.91 Å². The number of benzene rings is 2. The minimum Gasteiger partial charge on any atom is -0.493 e. The number of ether oxygens (including phenoxy) is 2. The van der Waals surface area contributed by atoms with Crippen molar-refractivity contribution in [1.29, 1.82) is 5.26 Å². The first-order chi connectivity index (χ1) is 12.6. The summed E-state index contributed by atoms with van der Waals surface area (Å²) in [6.45, 7) is 4.42. The average molecular weight is 350 g/mol. The summed E-state index contributed by atoms with van der Waals surface area (Å²) < 4.78 is 10.8. The van der Waals surface area contributed by atoms with E-state index in [2.05, 4.69) is 5.32 Å². The maximum absolute atomic E-state index is 12.5. The second kappa shape index (κ2) is 9.28. The van der Waals surface area contributed by atoms with Crippen molar-refractivity contribution >= 4 is 17.7 Å². The molecule has 0 unspecified atom stereocenters. The van der Waals surface area contributed by atoms with E-state index < -0.39 is 5.91 Å². The standard InChI is InChI=1S/C21H22N2O3/c1-4-16-8-6-7-9-18(16)23-21(24)17(14-22)12-15-10-11-19(26-5-2)20(13-15)25-3/h6-13H,4-5H2,1-3H3,(H,23,24)/b17-12+. The third kappa shape index (κ3) is 4.64. The second-order valence-electron chi connectivity index (χ2n) is 5.48. The van der Waals surface area contributed by atoms with E-state index in [9.17, 15) is 10.1 Å². The first kappa shape index (κ1) is 19.1. The van der Waals surface area contributed by atoms with Crippen LogP contribution >= 0.6 is 0 Å². The van der Waals surface area contributed by atoms with Gasteiger partial charge in [0.05, 0.1) is 13.7 Å². The molecule has 0 atom stereocenters. The van der Waals surface area contributed by atoms with E-state index in [-0.39, 0.29) is 5.57 Å². The normalized spacial score (nSPS) is 10.8. The largest absolute Gasteiger partial charge is 0.493 e. The summed E-state index contributed by atoms with van der Waals surface area (Å²) in [7, 11) is 1.55. The summed E-state index contributed by atoms with van der Waals surface area (Å²) in [6, 6.07) is 14.8. The van der Waals surface area contributed by atoms with Crippen molar-refractivity contribution in [2.24, 2.45) is 0 Å². The van der Waals surface area contributed by atoms with Crippen LogP contribution in [0.15, 0.2) is 48.0 Å². The predicted molar refractivity (Wildman–Crippen MR) is 102 cm³/mol. The first-order valence-electron chi connectivity index (χ1n) is 8.44. The maximum atomic E-state index is 12.5. The van der Waals surface area contributed by atoms with E-state index >= 15 is 0 Å². The fourth-order valence-corrected chi connectivity index (χ4v) is 2.50. The van der Waals surface area contributed by atoms with Gasteiger partial charge in [-0.3, -0.25) is 4.79 Å². The molecule has 5 nitrogen and oxygen atoms in total. The minimum atomic E-state index is -0.443. The van der Waals surface area contributed by atoms with Gasteiger partial charge in [-0.25, -0.2) is 0 Å². The van der Waals surface area contributed by atoms with E-state index in [0.29, 0.717) is 29.4 Å². The van der Waals surface area contributed by atoms with Gasteiger partial charge in [-0.2, -0.15) is 5.26 Å². The highest BCUT2D eigenvalue weighted by Crippen LogP contribution is 2.29. The van der Waals surface area contributed by atoms with Crippen LogP contribution in [-0.4, -0.2) is 19.6 Å². The Kier molecular flexibility index (Phi) is 6.81. The van der Waals surface area contributed by atoms with E-state index in [0.717, 1.165) is 12.0 Å². The zero-order valence-electron chi connectivity index (χ0n) is 15.2. The van der Waals surface area contributed by atoms with Crippen LogP contribution in [0.3, 0.4) is 0 Å². The molecule has 0 aromatic heterocycles. The zero-order chi connectivity index (χ0) is 18.9. The Morgan fingerprint density at radius 1 is 1.19 bits per heavy atom. The molecular weight excluding hydrogens is 328 g/mol. The van der Waals surface area contributed by atoms with Crippen molar-refractivity contribution in [3.05, 3.63) is 59.2 Å². The highest BCUT2D eigenvalue weighted by Gasteiger charge is 2.12. The average Bonchev–Trinajstić information content (AvgIpc) is 2.67. The number of carbonyl (C=O) groups excluding carboxylic acids is 1. The Morgan fingerprint density at radius 3 is 2.62 bits per heavy atom. The van der Waals surface area contributed by atoms with Gasteiger partial charge in [0.15, 0.2) is 11.5 Å². The molecule has 0 fully saturated rings. The van der Waals surface area contributed by atoms with Crippen LogP contribution in [0, 0.1) is 11.3 Å². The fraction of sp³-hybridized carbons (Fsp3) is 0.238. The van der Waals surface area contributed by atoms with Crippen LogP contribution in [0.1, 0.15) is 25.0 Å². The number of rotatable bonds is 7. The van der Waals surface area contributed by atoms with Crippen molar-refractivity contribution < 1.29 is 14.3 Å². The molecule has 1 N–H and O–H groups in total. The summed E-state index contributed by atoms with van der Waals surface area (Å²) in [5, 5.41) is 12.2. The number of hydrogen-bond donors (Lipinski definition) is 1. The lowest BCUT2D eigenvalue weighted by Crippen LogP contribution is -2.14. The number of nitrogens with one attached hydrogen (secondary N) is 1. The molecule has 0 aliphatic rings. The minimum absolute atomic E-state index is 0.0159. The number of methoxy groups -OCH3 is 1. The van der Waals surface area contributed by atoms with Gasteiger partial charge in [0.1, 0.15) is 11.6 Å². The molecule has 0 bridgehead atoms. The Balaban J connectivity index is 2.27. The first-order valence-corrected chi connectivity index (χ1v) is 8.44. The zero-order valence-corrected chi connectivity index (χ0v) is 15.2. The van der Waals surface area contributed by atoms with Crippen LogP contribution < -0.4 is 14.8 Å². The molecule has 0 radical (unpaired) electrons. The summed E-state index contributed by atoms with van der Waals surface area (Å²) >= 11 is 0. The SMILES string of the molecule is CCOc1ccc(/C=C(\C#N)C(=O)Nc2ccccc2CC)cc1OC. The molecule has 2 aromatic carbocycles. The van der Waals surface area contributed by atoms with Crippen LogP contribution in [0.4, 0.5) is 5.69 Å². The topological polar surface area (TPSA) is 71.3 Å². The van der Waals surface area contributed by atoms with Crippen LogP contribution in [0.25, 0.3) is 6.08 Å². The molecule has 0 saturated carbocycles. The molecule has 0 heterocycles. The smallest absolute Gasteiger partial charge is 0.266 e. The Bertz CT molecular complexity index is 851. The molecule has 2 aromatic rings. The number of nitrogens with zero attached hydrogens (tertiary/aromatic N) is 1. The second-order valence-corrected chi connectivity index (χ2v) is 5.48. The molecule has 5 heteroatoms. The fourth-order valence-electron chi connectivity index (χ4n) is 2.50. The van der Waals surface area contributed by atoms with Gasteiger partial charge in [0, 0.05) is 5.69 Å². The molecule has 0 aliphatic carbocycles. The Hall–Kier alpha value is -3.26. The third-order valence-electron chi connectivity index (χ3n) is 3.81. The highest BCUT2D eigenvalue weighted by atomic mass is 16.5. The number of amides is 1.